The first-order valence-electron chi connectivity index (χ1n) is 5.82. The minimum Gasteiger partial charge on any atom is -0.369 e. The van der Waals surface area contributed by atoms with Gasteiger partial charge in [0.2, 0.25) is 5.91 Å². The molecule has 1 amide bonds. The molecule has 0 spiro atoms. The molecule has 2 nitrogen and oxygen atoms in total. The van der Waals surface area contributed by atoms with E-state index in [4.69, 9.17) is 5.73 Å². The van der Waals surface area contributed by atoms with Crippen molar-refractivity contribution in [2.75, 3.05) is 0 Å². The van der Waals surface area contributed by atoms with E-state index in [2.05, 4.69) is 18.2 Å². The summed E-state index contributed by atoms with van der Waals surface area (Å²) in [6.07, 6.45) is 6.31. The Hall–Kier alpha value is -1.57. The number of benzene rings is 1. The Labute approximate surface area is 96.2 Å². The number of hydrogen-bond donors (Lipinski definition) is 1. The van der Waals surface area contributed by atoms with Gasteiger partial charge in [-0.2, -0.15) is 0 Å². The number of amides is 1. The van der Waals surface area contributed by atoms with Gasteiger partial charge in [-0.05, 0) is 24.8 Å². The van der Waals surface area contributed by atoms with E-state index in [0.717, 1.165) is 24.8 Å². The first kappa shape index (κ1) is 10.9. The van der Waals surface area contributed by atoms with E-state index >= 15 is 0 Å². The third-order valence-electron chi connectivity index (χ3n) is 3.15. The fourth-order valence-corrected chi connectivity index (χ4v) is 2.30. The number of carbonyl (C=O) groups excluding carboxylic acids is 1. The number of carbonyl (C=O) groups is 1. The van der Waals surface area contributed by atoms with Gasteiger partial charge in [-0.15, -0.1) is 0 Å². The van der Waals surface area contributed by atoms with Crippen LogP contribution in [0, 0.1) is 5.92 Å². The van der Waals surface area contributed by atoms with Crippen LogP contribution in [0.2, 0.25) is 0 Å². The summed E-state index contributed by atoms with van der Waals surface area (Å²) in [6.45, 7) is 0. The third-order valence-corrected chi connectivity index (χ3v) is 3.15. The van der Waals surface area contributed by atoms with Crippen molar-refractivity contribution in [2.45, 2.75) is 25.7 Å². The van der Waals surface area contributed by atoms with Gasteiger partial charge in [-0.3, -0.25) is 4.79 Å². The highest BCUT2D eigenvalue weighted by atomic mass is 16.1. The summed E-state index contributed by atoms with van der Waals surface area (Å²) in [4.78, 5) is 11.3. The van der Waals surface area contributed by atoms with E-state index in [-0.39, 0.29) is 11.8 Å². The van der Waals surface area contributed by atoms with Crippen LogP contribution in [0.1, 0.15) is 31.2 Å². The normalized spacial score (nSPS) is 23.2. The lowest BCUT2D eigenvalue weighted by molar-refractivity contribution is -0.121. The number of hydrogen-bond acceptors (Lipinski definition) is 1. The molecule has 1 atom stereocenters. The second kappa shape index (κ2) is 4.97. The molecule has 0 aliphatic heterocycles. The second-order valence-corrected chi connectivity index (χ2v) is 4.33. The molecule has 1 unspecified atom stereocenters. The van der Waals surface area contributed by atoms with Crippen LogP contribution < -0.4 is 5.73 Å². The average molecular weight is 215 g/mol. The summed E-state index contributed by atoms with van der Waals surface area (Å²) < 4.78 is 0. The molecule has 2 N–H and O–H groups in total. The molecule has 84 valence electrons. The van der Waals surface area contributed by atoms with Crippen molar-refractivity contribution in [2.24, 2.45) is 11.7 Å². The Morgan fingerprint density at radius 3 is 2.69 bits per heavy atom. The highest BCUT2D eigenvalue weighted by Crippen LogP contribution is 2.30. The molecule has 0 aromatic heterocycles. The zero-order valence-electron chi connectivity index (χ0n) is 9.36. The zero-order valence-corrected chi connectivity index (χ0v) is 9.36. The van der Waals surface area contributed by atoms with Crippen molar-refractivity contribution in [1.29, 1.82) is 0 Å². The van der Waals surface area contributed by atoms with Crippen molar-refractivity contribution in [1.82, 2.24) is 0 Å². The fraction of sp³-hybridized carbons (Fsp3) is 0.357. The maximum atomic E-state index is 11.3. The van der Waals surface area contributed by atoms with Crippen molar-refractivity contribution in [3.05, 3.63) is 41.5 Å². The largest absolute Gasteiger partial charge is 0.369 e. The van der Waals surface area contributed by atoms with E-state index in [1.54, 1.807) is 0 Å². The first-order valence-corrected chi connectivity index (χ1v) is 5.82. The van der Waals surface area contributed by atoms with Crippen LogP contribution in [0.15, 0.2) is 35.9 Å². The molecular weight excluding hydrogens is 198 g/mol. The molecule has 0 bridgehead atoms. The molecule has 0 radical (unpaired) electrons. The van der Waals surface area contributed by atoms with Crippen molar-refractivity contribution in [3.8, 4) is 0 Å². The topological polar surface area (TPSA) is 43.1 Å². The summed E-state index contributed by atoms with van der Waals surface area (Å²) in [7, 11) is 0. The molecule has 1 aliphatic rings. The number of nitrogens with two attached hydrogens (primary N) is 1. The Morgan fingerprint density at radius 2 is 2.00 bits per heavy atom. The van der Waals surface area contributed by atoms with Crippen molar-refractivity contribution in [3.63, 3.8) is 0 Å². The van der Waals surface area contributed by atoms with Gasteiger partial charge in [0.15, 0.2) is 0 Å². The summed E-state index contributed by atoms with van der Waals surface area (Å²) >= 11 is 0. The van der Waals surface area contributed by atoms with E-state index in [1.807, 2.05) is 18.2 Å². The molecule has 1 aliphatic carbocycles. The predicted octanol–water partition coefficient (Wildman–Crippen LogP) is 2.75. The molecule has 1 aromatic carbocycles. The molecule has 0 saturated heterocycles. The standard InChI is InChI=1S/C14H17NO/c15-14(16)13-9-5-4-8-12(13)10-11-6-2-1-3-7-11/h1-3,6-7,10,13H,4-5,8-9H2,(H2,15,16). The highest BCUT2D eigenvalue weighted by Gasteiger charge is 2.23. The van der Waals surface area contributed by atoms with E-state index in [1.165, 1.54) is 12.0 Å². The molecule has 16 heavy (non-hydrogen) atoms. The molecule has 2 rings (SSSR count). The van der Waals surface area contributed by atoms with E-state index < -0.39 is 0 Å². The van der Waals surface area contributed by atoms with Crippen LogP contribution in [0.5, 0.6) is 0 Å². The van der Waals surface area contributed by atoms with Crippen LogP contribution >= 0.6 is 0 Å². The van der Waals surface area contributed by atoms with E-state index in [9.17, 15) is 4.79 Å². The minimum atomic E-state index is -0.179. The van der Waals surface area contributed by atoms with Gasteiger partial charge in [-0.25, -0.2) is 0 Å². The molecule has 1 saturated carbocycles. The lowest BCUT2D eigenvalue weighted by Gasteiger charge is -2.22. The lowest BCUT2D eigenvalue weighted by atomic mass is 9.83. The van der Waals surface area contributed by atoms with Gasteiger partial charge in [0.05, 0.1) is 5.92 Å². The smallest absolute Gasteiger partial charge is 0.224 e. The number of rotatable bonds is 2. The fourth-order valence-electron chi connectivity index (χ4n) is 2.30. The van der Waals surface area contributed by atoms with Crippen LogP contribution in [0.3, 0.4) is 0 Å². The van der Waals surface area contributed by atoms with Gasteiger partial charge in [-0.1, -0.05) is 48.4 Å². The first-order chi connectivity index (χ1) is 7.77. The van der Waals surface area contributed by atoms with Crippen molar-refractivity contribution < 1.29 is 4.79 Å². The Bertz CT molecular complexity index is 394. The van der Waals surface area contributed by atoms with Crippen LogP contribution in [0.4, 0.5) is 0 Å². The Kier molecular flexibility index (Phi) is 3.40. The quantitative estimate of drug-likeness (QED) is 0.809. The molecule has 1 aromatic rings. The summed E-state index contributed by atoms with van der Waals surface area (Å²) in [5.74, 6) is -0.226. The maximum Gasteiger partial charge on any atom is 0.224 e. The van der Waals surface area contributed by atoms with Gasteiger partial charge >= 0.3 is 0 Å². The van der Waals surface area contributed by atoms with E-state index in [0.29, 0.717) is 0 Å². The molecule has 0 heterocycles. The monoisotopic (exact) mass is 215 g/mol. The molecular formula is C14H17NO. The SMILES string of the molecule is NC(=O)C1CCCCC1=Cc1ccccc1. The molecule has 1 fully saturated rings. The maximum absolute atomic E-state index is 11.3. The van der Waals surface area contributed by atoms with Crippen LogP contribution in [-0.4, -0.2) is 5.91 Å². The predicted molar refractivity (Wildman–Crippen MR) is 65.6 cm³/mol. The Morgan fingerprint density at radius 1 is 1.25 bits per heavy atom. The van der Waals surface area contributed by atoms with Gasteiger partial charge in [0.1, 0.15) is 0 Å². The summed E-state index contributed by atoms with van der Waals surface area (Å²) in [5.41, 5.74) is 7.79. The lowest BCUT2D eigenvalue weighted by Crippen LogP contribution is -2.27. The molecule has 2 heteroatoms. The average Bonchev–Trinajstić information content (AvgIpc) is 2.31. The van der Waals surface area contributed by atoms with Gasteiger partial charge in [0, 0.05) is 0 Å². The van der Waals surface area contributed by atoms with Gasteiger partial charge < -0.3 is 5.73 Å². The minimum absolute atomic E-state index is 0.0473. The van der Waals surface area contributed by atoms with Crippen molar-refractivity contribution >= 4 is 12.0 Å². The van der Waals surface area contributed by atoms with Crippen LogP contribution in [-0.2, 0) is 4.79 Å². The summed E-state index contributed by atoms with van der Waals surface area (Å²) in [5, 5.41) is 0. The Balaban J connectivity index is 2.23. The van der Waals surface area contributed by atoms with Crippen LogP contribution in [0.25, 0.3) is 6.08 Å². The second-order valence-electron chi connectivity index (χ2n) is 4.33. The highest BCUT2D eigenvalue weighted by molar-refractivity contribution is 5.81. The zero-order chi connectivity index (χ0) is 11.4. The van der Waals surface area contributed by atoms with Gasteiger partial charge in [0.25, 0.3) is 0 Å². The third kappa shape index (κ3) is 2.51. The number of primary amides is 1. The summed E-state index contributed by atoms with van der Waals surface area (Å²) in [6, 6.07) is 10.1.